The minimum absolute atomic E-state index is 0.0311. The van der Waals surface area contributed by atoms with Gasteiger partial charge in [-0.1, -0.05) is 32.9 Å². The van der Waals surface area contributed by atoms with Gasteiger partial charge >= 0.3 is 0 Å². The summed E-state index contributed by atoms with van der Waals surface area (Å²) in [7, 11) is -3.84. The van der Waals surface area contributed by atoms with Crippen molar-refractivity contribution in [2.24, 2.45) is 0 Å². The highest BCUT2D eigenvalue weighted by atomic mass is 32.2. The number of rotatable bonds is 7. The van der Waals surface area contributed by atoms with Crippen LogP contribution in [0.25, 0.3) is 0 Å². The number of nitrogens with zero attached hydrogens (tertiary/aromatic N) is 2. The van der Waals surface area contributed by atoms with E-state index < -0.39 is 16.1 Å². The number of carbonyl (C=O) groups is 1. The molecule has 1 heterocycles. The number of carbonyl (C=O) groups excluding carboxylic acids is 1. The molecule has 0 fully saturated rings. The average Bonchev–Trinajstić information content (AvgIpc) is 2.72. The number of nitrogens with one attached hydrogen (secondary N) is 2. The van der Waals surface area contributed by atoms with E-state index in [9.17, 15) is 13.2 Å². The van der Waals surface area contributed by atoms with Gasteiger partial charge in [0, 0.05) is 17.4 Å². The Hall–Kier alpha value is -3.46. The first-order chi connectivity index (χ1) is 15.8. The van der Waals surface area contributed by atoms with E-state index >= 15 is 0 Å². The minimum atomic E-state index is -3.84. The monoisotopic (exact) mass is 482 g/mol. The molecule has 1 amide bonds. The van der Waals surface area contributed by atoms with E-state index in [1.165, 1.54) is 29.8 Å². The third-order valence-electron chi connectivity index (χ3n) is 5.04. The molecule has 0 saturated heterocycles. The Labute approximate surface area is 200 Å². The largest absolute Gasteiger partial charge is 0.481 e. The van der Waals surface area contributed by atoms with Gasteiger partial charge in [-0.2, -0.15) is 0 Å². The molecular formula is C25H30N4O4S. The fourth-order valence-electron chi connectivity index (χ4n) is 3.22. The standard InChI is InChI=1S/C25H30N4O4S/c1-16-15-23(27-18(3)26-16)29-34(31,32)22-13-9-20(10-14-22)28-24(30)17(2)33-21-11-7-19(8-12-21)25(4,5)6/h7-15,17H,1-6H3,(H,28,30)(H,26,27,29). The molecule has 0 bridgehead atoms. The maximum Gasteiger partial charge on any atom is 0.265 e. The molecule has 9 heteroatoms. The summed E-state index contributed by atoms with van der Waals surface area (Å²) < 4.78 is 33.6. The first-order valence-electron chi connectivity index (χ1n) is 10.9. The van der Waals surface area contributed by atoms with Gasteiger partial charge in [0.25, 0.3) is 15.9 Å². The van der Waals surface area contributed by atoms with E-state index in [1.807, 2.05) is 24.3 Å². The van der Waals surface area contributed by atoms with E-state index in [0.29, 0.717) is 23.0 Å². The summed E-state index contributed by atoms with van der Waals surface area (Å²) in [6, 6.07) is 15.1. The molecule has 0 aliphatic carbocycles. The van der Waals surface area contributed by atoms with Gasteiger partial charge in [0.05, 0.1) is 4.90 Å². The molecule has 34 heavy (non-hydrogen) atoms. The lowest BCUT2D eigenvalue weighted by atomic mass is 9.87. The Kier molecular flexibility index (Phi) is 7.26. The predicted molar refractivity (Wildman–Crippen MR) is 133 cm³/mol. The van der Waals surface area contributed by atoms with E-state index in [-0.39, 0.29) is 22.0 Å². The van der Waals surface area contributed by atoms with Crippen LogP contribution < -0.4 is 14.8 Å². The Morgan fingerprint density at radius 2 is 1.59 bits per heavy atom. The summed E-state index contributed by atoms with van der Waals surface area (Å²) in [5.74, 6) is 0.917. The molecule has 8 nitrogen and oxygen atoms in total. The number of hydrogen-bond acceptors (Lipinski definition) is 6. The number of anilines is 2. The zero-order valence-corrected chi connectivity index (χ0v) is 21.0. The van der Waals surface area contributed by atoms with E-state index in [4.69, 9.17) is 4.74 Å². The number of sulfonamides is 1. The van der Waals surface area contributed by atoms with Gasteiger partial charge in [-0.05, 0) is 68.1 Å². The van der Waals surface area contributed by atoms with Crippen molar-refractivity contribution in [3.8, 4) is 5.75 Å². The van der Waals surface area contributed by atoms with Crippen molar-refractivity contribution in [1.82, 2.24) is 9.97 Å². The van der Waals surface area contributed by atoms with E-state index in [1.54, 1.807) is 26.8 Å². The number of hydrogen-bond donors (Lipinski definition) is 2. The third kappa shape index (κ3) is 6.54. The van der Waals surface area contributed by atoms with E-state index in [0.717, 1.165) is 0 Å². The van der Waals surface area contributed by atoms with Gasteiger partial charge in [-0.25, -0.2) is 18.4 Å². The highest BCUT2D eigenvalue weighted by Gasteiger charge is 2.19. The second-order valence-electron chi connectivity index (χ2n) is 9.10. The maximum absolute atomic E-state index is 12.7. The Balaban J connectivity index is 1.62. The summed E-state index contributed by atoms with van der Waals surface area (Å²) in [5, 5.41) is 2.74. The molecule has 2 N–H and O–H groups in total. The first-order valence-corrected chi connectivity index (χ1v) is 12.3. The molecule has 2 aromatic carbocycles. The molecule has 1 atom stereocenters. The zero-order chi connectivity index (χ0) is 25.1. The summed E-state index contributed by atoms with van der Waals surface area (Å²) in [6.07, 6.45) is -0.741. The van der Waals surface area contributed by atoms with Gasteiger partial charge in [-0.3, -0.25) is 9.52 Å². The van der Waals surface area contributed by atoms with Crippen LogP contribution in [-0.4, -0.2) is 30.4 Å². The van der Waals surface area contributed by atoms with Crippen molar-refractivity contribution in [3.63, 3.8) is 0 Å². The molecule has 0 aliphatic heterocycles. The molecule has 1 aromatic heterocycles. The summed E-state index contributed by atoms with van der Waals surface area (Å²) >= 11 is 0. The number of aromatic nitrogens is 2. The van der Waals surface area contributed by atoms with Crippen LogP contribution in [0.4, 0.5) is 11.5 Å². The molecule has 180 valence electrons. The number of benzene rings is 2. The predicted octanol–water partition coefficient (Wildman–Crippen LogP) is 4.60. The minimum Gasteiger partial charge on any atom is -0.481 e. The van der Waals surface area contributed by atoms with Gasteiger partial charge in [-0.15, -0.1) is 0 Å². The van der Waals surface area contributed by atoms with Crippen LogP contribution >= 0.6 is 0 Å². The Bertz CT molecular complexity index is 1250. The molecule has 1 unspecified atom stereocenters. The van der Waals surface area contributed by atoms with Crippen molar-refractivity contribution in [2.75, 3.05) is 10.0 Å². The third-order valence-corrected chi connectivity index (χ3v) is 6.41. The summed E-state index contributed by atoms with van der Waals surface area (Å²) in [5.41, 5.74) is 2.32. The Morgan fingerprint density at radius 3 is 2.15 bits per heavy atom. The maximum atomic E-state index is 12.7. The molecule has 0 radical (unpaired) electrons. The zero-order valence-electron chi connectivity index (χ0n) is 20.2. The topological polar surface area (TPSA) is 110 Å². The lowest BCUT2D eigenvalue weighted by molar-refractivity contribution is -0.122. The Morgan fingerprint density at radius 1 is 0.971 bits per heavy atom. The van der Waals surface area contributed by atoms with Crippen LogP contribution in [0, 0.1) is 13.8 Å². The van der Waals surface area contributed by atoms with Crippen molar-refractivity contribution < 1.29 is 17.9 Å². The van der Waals surface area contributed by atoms with Crippen LogP contribution in [-0.2, 0) is 20.2 Å². The quantitative estimate of drug-likeness (QED) is 0.509. The van der Waals surface area contributed by atoms with Crippen LogP contribution in [0.3, 0.4) is 0 Å². The van der Waals surface area contributed by atoms with Gasteiger partial charge in [0.1, 0.15) is 17.4 Å². The van der Waals surface area contributed by atoms with Crippen LogP contribution in [0.2, 0.25) is 0 Å². The van der Waals surface area contributed by atoms with Crippen molar-refractivity contribution in [3.05, 3.63) is 71.7 Å². The highest BCUT2D eigenvalue weighted by Crippen LogP contribution is 2.25. The molecule has 0 spiro atoms. The number of amides is 1. The summed E-state index contributed by atoms with van der Waals surface area (Å²) in [4.78, 5) is 20.8. The lowest BCUT2D eigenvalue weighted by Gasteiger charge is -2.20. The number of aryl methyl sites for hydroxylation is 2. The first kappa shape index (κ1) is 25.2. The molecule has 0 aliphatic rings. The average molecular weight is 483 g/mol. The molecule has 3 rings (SSSR count). The van der Waals surface area contributed by atoms with Gasteiger partial charge in [0.15, 0.2) is 6.10 Å². The fourth-order valence-corrected chi connectivity index (χ4v) is 4.21. The normalized spacial score (nSPS) is 12.6. The summed E-state index contributed by atoms with van der Waals surface area (Å²) in [6.45, 7) is 11.5. The van der Waals surface area contributed by atoms with Crippen molar-refractivity contribution in [2.45, 2.75) is 58.0 Å². The van der Waals surface area contributed by atoms with Crippen molar-refractivity contribution >= 4 is 27.4 Å². The van der Waals surface area contributed by atoms with E-state index in [2.05, 4.69) is 40.8 Å². The lowest BCUT2D eigenvalue weighted by Crippen LogP contribution is -2.30. The second-order valence-corrected chi connectivity index (χ2v) is 10.8. The van der Waals surface area contributed by atoms with Gasteiger partial charge < -0.3 is 10.1 Å². The molecular weight excluding hydrogens is 452 g/mol. The second kappa shape index (κ2) is 9.80. The van der Waals surface area contributed by atoms with Crippen molar-refractivity contribution in [1.29, 1.82) is 0 Å². The molecule has 3 aromatic rings. The molecule has 0 saturated carbocycles. The smallest absolute Gasteiger partial charge is 0.265 e. The fraction of sp³-hybridized carbons (Fsp3) is 0.320. The van der Waals surface area contributed by atoms with Crippen LogP contribution in [0.1, 0.15) is 44.8 Å². The highest BCUT2D eigenvalue weighted by molar-refractivity contribution is 7.92. The van der Waals surface area contributed by atoms with Crippen LogP contribution in [0.15, 0.2) is 59.5 Å². The SMILES string of the molecule is Cc1cc(NS(=O)(=O)c2ccc(NC(=O)C(C)Oc3ccc(C(C)(C)C)cc3)cc2)nc(C)n1. The number of ether oxygens (including phenoxy) is 1. The van der Waals surface area contributed by atoms with Gasteiger partial charge in [0.2, 0.25) is 0 Å². The van der Waals surface area contributed by atoms with Crippen LogP contribution in [0.5, 0.6) is 5.75 Å².